The number of rotatable bonds is 10. The molecular weight excluding hydrogens is 362 g/mol. The van der Waals surface area contributed by atoms with Gasteiger partial charge in [-0.15, -0.1) is 0 Å². The van der Waals surface area contributed by atoms with Gasteiger partial charge in [0.25, 0.3) is 5.91 Å². The quantitative estimate of drug-likeness (QED) is 0.584. The van der Waals surface area contributed by atoms with E-state index in [-0.39, 0.29) is 31.4 Å². The van der Waals surface area contributed by atoms with Crippen molar-refractivity contribution in [3.05, 3.63) is 54.1 Å². The van der Waals surface area contributed by atoms with Gasteiger partial charge in [0.05, 0.1) is 34.3 Å². The number of methoxy groups -OCH3 is 3. The van der Waals surface area contributed by atoms with Gasteiger partial charge in [-0.2, -0.15) is 0 Å². The second-order valence-corrected chi connectivity index (χ2v) is 5.87. The predicted octanol–water partition coefficient (Wildman–Crippen LogP) is 2.79. The molecule has 2 aromatic rings. The van der Waals surface area contributed by atoms with Crippen molar-refractivity contribution < 1.29 is 28.5 Å². The highest BCUT2D eigenvalue weighted by Gasteiger charge is 2.18. The van der Waals surface area contributed by atoms with Crippen LogP contribution in [0.2, 0.25) is 0 Å². The van der Waals surface area contributed by atoms with Gasteiger partial charge >= 0.3 is 5.97 Å². The first kappa shape index (κ1) is 21.1. The monoisotopic (exact) mass is 387 g/mol. The van der Waals surface area contributed by atoms with Crippen molar-refractivity contribution in [2.45, 2.75) is 6.42 Å². The minimum absolute atomic E-state index is 0.106. The highest BCUT2D eigenvalue weighted by atomic mass is 16.5. The molecule has 0 heterocycles. The third-order valence-electron chi connectivity index (χ3n) is 4.11. The fraction of sp³-hybridized carbons (Fsp3) is 0.333. The molecule has 1 amide bonds. The van der Waals surface area contributed by atoms with Gasteiger partial charge in [0.2, 0.25) is 0 Å². The van der Waals surface area contributed by atoms with Crippen LogP contribution in [0.4, 0.5) is 0 Å². The van der Waals surface area contributed by atoms with E-state index in [0.717, 1.165) is 5.75 Å². The summed E-state index contributed by atoms with van der Waals surface area (Å²) in [4.78, 5) is 26.0. The second-order valence-electron chi connectivity index (χ2n) is 5.87. The van der Waals surface area contributed by atoms with Crippen molar-refractivity contribution in [2.24, 2.45) is 0 Å². The van der Waals surface area contributed by atoms with E-state index in [4.69, 9.17) is 14.2 Å². The fourth-order valence-electron chi connectivity index (χ4n) is 2.53. The van der Waals surface area contributed by atoms with Crippen LogP contribution in [-0.2, 0) is 9.53 Å². The number of carbonyl (C=O) groups excluding carboxylic acids is 2. The maximum Gasteiger partial charge on any atom is 0.307 e. The van der Waals surface area contributed by atoms with Crippen LogP contribution in [0.25, 0.3) is 0 Å². The molecule has 0 aromatic heterocycles. The Morgan fingerprint density at radius 3 is 2.18 bits per heavy atom. The van der Waals surface area contributed by atoms with Gasteiger partial charge in [0.1, 0.15) is 23.9 Å². The third-order valence-corrected chi connectivity index (χ3v) is 4.11. The van der Waals surface area contributed by atoms with Crippen molar-refractivity contribution in [2.75, 3.05) is 41.0 Å². The number of hydrogen-bond donors (Lipinski definition) is 0. The van der Waals surface area contributed by atoms with Gasteiger partial charge in [-0.25, -0.2) is 0 Å². The first-order valence-corrected chi connectivity index (χ1v) is 8.84. The molecule has 0 aliphatic carbocycles. The zero-order chi connectivity index (χ0) is 20.4. The molecule has 0 aliphatic rings. The smallest absolute Gasteiger partial charge is 0.307 e. The van der Waals surface area contributed by atoms with Crippen LogP contribution in [0.5, 0.6) is 17.2 Å². The summed E-state index contributed by atoms with van der Waals surface area (Å²) in [5.74, 6) is 1.41. The van der Waals surface area contributed by atoms with Crippen LogP contribution in [0.3, 0.4) is 0 Å². The summed E-state index contributed by atoms with van der Waals surface area (Å²) >= 11 is 0. The Bertz CT molecular complexity index is 775. The molecule has 0 unspecified atom stereocenters. The summed E-state index contributed by atoms with van der Waals surface area (Å²) in [5, 5.41) is 0. The van der Waals surface area contributed by atoms with E-state index < -0.39 is 0 Å². The number of hydrogen-bond acceptors (Lipinski definition) is 6. The highest BCUT2D eigenvalue weighted by Crippen LogP contribution is 2.18. The molecule has 28 heavy (non-hydrogen) atoms. The van der Waals surface area contributed by atoms with Crippen molar-refractivity contribution >= 4 is 11.9 Å². The topological polar surface area (TPSA) is 74.3 Å². The van der Waals surface area contributed by atoms with Gasteiger partial charge in [0, 0.05) is 12.1 Å². The molecule has 2 aromatic carbocycles. The fourth-order valence-corrected chi connectivity index (χ4v) is 2.53. The zero-order valence-electron chi connectivity index (χ0n) is 16.3. The van der Waals surface area contributed by atoms with Crippen LogP contribution in [0, 0.1) is 0 Å². The first-order valence-electron chi connectivity index (χ1n) is 8.84. The number of ether oxygens (including phenoxy) is 4. The first-order chi connectivity index (χ1) is 13.6. The number of benzene rings is 2. The molecular formula is C21H25NO6. The normalized spacial score (nSPS) is 10.1. The zero-order valence-corrected chi connectivity index (χ0v) is 16.3. The largest absolute Gasteiger partial charge is 0.497 e. The average molecular weight is 387 g/mol. The lowest BCUT2D eigenvalue weighted by Gasteiger charge is -2.22. The molecule has 0 fully saturated rings. The van der Waals surface area contributed by atoms with E-state index in [9.17, 15) is 9.59 Å². The Labute approximate surface area is 164 Å². The van der Waals surface area contributed by atoms with E-state index in [1.807, 2.05) is 0 Å². The molecule has 0 N–H and O–H groups in total. The molecule has 0 saturated carbocycles. The van der Waals surface area contributed by atoms with Crippen LogP contribution < -0.4 is 14.2 Å². The number of esters is 1. The molecule has 0 bridgehead atoms. The molecule has 0 atom stereocenters. The Morgan fingerprint density at radius 2 is 1.54 bits per heavy atom. The van der Waals surface area contributed by atoms with Crippen LogP contribution in [0.15, 0.2) is 48.5 Å². The van der Waals surface area contributed by atoms with Gasteiger partial charge < -0.3 is 23.8 Å². The summed E-state index contributed by atoms with van der Waals surface area (Å²) in [7, 11) is 4.46. The van der Waals surface area contributed by atoms with E-state index in [2.05, 4.69) is 4.74 Å². The van der Waals surface area contributed by atoms with Crippen molar-refractivity contribution in [1.82, 2.24) is 4.90 Å². The van der Waals surface area contributed by atoms with Crippen LogP contribution >= 0.6 is 0 Å². The Kier molecular flexibility index (Phi) is 8.14. The number of nitrogens with zero attached hydrogens (tertiary/aromatic N) is 1. The lowest BCUT2D eigenvalue weighted by atomic mass is 10.2. The number of carbonyl (C=O) groups is 2. The lowest BCUT2D eigenvalue weighted by molar-refractivity contribution is -0.140. The molecule has 0 aliphatic heterocycles. The van der Waals surface area contributed by atoms with E-state index >= 15 is 0 Å². The minimum Gasteiger partial charge on any atom is -0.497 e. The molecule has 0 radical (unpaired) electrons. The summed E-state index contributed by atoms with van der Waals surface area (Å²) < 4.78 is 20.7. The minimum atomic E-state index is -0.375. The standard InChI is InChI=1S/C21H25NO6/c1-25-17-7-9-18(10-8-17)28-14-13-22(12-11-20(23)27-3)21(24)16-5-4-6-19(15-16)26-2/h4-10,15H,11-14H2,1-3H3. The molecule has 7 nitrogen and oxygen atoms in total. The summed E-state index contributed by atoms with van der Waals surface area (Å²) in [6, 6.07) is 14.1. The molecule has 0 spiro atoms. The summed E-state index contributed by atoms with van der Waals surface area (Å²) in [5.41, 5.74) is 0.480. The third kappa shape index (κ3) is 6.19. The summed E-state index contributed by atoms with van der Waals surface area (Å²) in [6.45, 7) is 0.830. The van der Waals surface area contributed by atoms with Crippen molar-refractivity contribution in [3.63, 3.8) is 0 Å². The van der Waals surface area contributed by atoms with Crippen molar-refractivity contribution in [3.8, 4) is 17.2 Å². The van der Waals surface area contributed by atoms with Crippen LogP contribution in [0.1, 0.15) is 16.8 Å². The predicted molar refractivity (Wildman–Crippen MR) is 104 cm³/mol. The van der Waals surface area contributed by atoms with Crippen LogP contribution in [-0.4, -0.2) is 57.8 Å². The van der Waals surface area contributed by atoms with Gasteiger partial charge in [-0.1, -0.05) is 6.07 Å². The van der Waals surface area contributed by atoms with E-state index in [0.29, 0.717) is 23.6 Å². The molecule has 150 valence electrons. The van der Waals surface area contributed by atoms with E-state index in [1.54, 1.807) is 67.7 Å². The Morgan fingerprint density at radius 1 is 0.857 bits per heavy atom. The lowest BCUT2D eigenvalue weighted by Crippen LogP contribution is -2.36. The number of amides is 1. The maximum atomic E-state index is 12.9. The maximum absolute atomic E-state index is 12.9. The highest BCUT2D eigenvalue weighted by molar-refractivity contribution is 5.94. The SMILES string of the molecule is COC(=O)CCN(CCOc1ccc(OC)cc1)C(=O)c1cccc(OC)c1. The molecule has 0 saturated heterocycles. The Hall–Kier alpha value is -3.22. The van der Waals surface area contributed by atoms with Gasteiger partial charge in [-0.3, -0.25) is 9.59 Å². The van der Waals surface area contributed by atoms with E-state index in [1.165, 1.54) is 7.11 Å². The Balaban J connectivity index is 2.02. The van der Waals surface area contributed by atoms with Gasteiger partial charge in [-0.05, 0) is 42.5 Å². The second kappa shape index (κ2) is 10.8. The van der Waals surface area contributed by atoms with Crippen molar-refractivity contribution in [1.29, 1.82) is 0 Å². The summed E-state index contributed by atoms with van der Waals surface area (Å²) in [6.07, 6.45) is 0.106. The van der Waals surface area contributed by atoms with Gasteiger partial charge in [0.15, 0.2) is 0 Å². The molecule has 7 heteroatoms. The molecule has 2 rings (SSSR count). The average Bonchev–Trinajstić information content (AvgIpc) is 2.75.